The summed E-state index contributed by atoms with van der Waals surface area (Å²) in [6.07, 6.45) is 5.23. The van der Waals surface area contributed by atoms with Crippen LogP contribution in [0.1, 0.15) is 44.4 Å². The molecule has 3 nitrogen and oxygen atoms in total. The molecule has 28 heavy (non-hydrogen) atoms. The van der Waals surface area contributed by atoms with Crippen LogP contribution < -0.4 is 10.1 Å². The zero-order valence-electron chi connectivity index (χ0n) is 16.3. The Bertz CT molecular complexity index is 860. The number of fused-ring (bicyclic) bond motifs is 1. The van der Waals surface area contributed by atoms with E-state index in [1.807, 2.05) is 0 Å². The van der Waals surface area contributed by atoms with E-state index >= 15 is 0 Å². The SMILES string of the molecule is C.Cc1ccc(OCc2cc3ccccc3n2CCCC2CCCNC2)cc1. The standard InChI is InChI=1S/C24H30N2O.CH4/c1-19-10-12-23(13-11-19)27-18-22-16-21-8-2-3-9-24(21)26(22)15-5-7-20-6-4-14-25-17-20;/h2-3,8-13,16,20,25H,4-7,14-15,17-18H2,1H3;1H4. The number of rotatable bonds is 7. The minimum absolute atomic E-state index is 0. The highest BCUT2D eigenvalue weighted by Crippen LogP contribution is 2.24. The summed E-state index contributed by atoms with van der Waals surface area (Å²) in [6, 6.07) is 19.3. The van der Waals surface area contributed by atoms with Gasteiger partial charge in [0.25, 0.3) is 0 Å². The monoisotopic (exact) mass is 378 g/mol. The van der Waals surface area contributed by atoms with Gasteiger partial charge in [-0.2, -0.15) is 0 Å². The van der Waals surface area contributed by atoms with Crippen LogP contribution in [-0.2, 0) is 13.2 Å². The van der Waals surface area contributed by atoms with Gasteiger partial charge in [0.2, 0.25) is 0 Å². The van der Waals surface area contributed by atoms with Crippen molar-refractivity contribution in [3.05, 3.63) is 65.9 Å². The maximum Gasteiger partial charge on any atom is 0.128 e. The first-order chi connectivity index (χ1) is 13.3. The number of piperidine rings is 1. The predicted octanol–water partition coefficient (Wildman–Crippen LogP) is 5.94. The van der Waals surface area contributed by atoms with Gasteiger partial charge < -0.3 is 14.6 Å². The lowest BCUT2D eigenvalue weighted by atomic mass is 9.95. The van der Waals surface area contributed by atoms with E-state index in [1.165, 1.54) is 60.9 Å². The van der Waals surface area contributed by atoms with Crippen molar-refractivity contribution in [2.75, 3.05) is 13.1 Å². The Morgan fingerprint density at radius 1 is 1.11 bits per heavy atom. The topological polar surface area (TPSA) is 26.2 Å². The van der Waals surface area contributed by atoms with Gasteiger partial charge in [-0.1, -0.05) is 43.3 Å². The van der Waals surface area contributed by atoms with Crippen molar-refractivity contribution in [3.8, 4) is 5.75 Å². The Kier molecular flexibility index (Phi) is 7.16. The van der Waals surface area contributed by atoms with Gasteiger partial charge in [0.1, 0.15) is 12.4 Å². The summed E-state index contributed by atoms with van der Waals surface area (Å²) in [6.45, 7) is 6.16. The second-order valence-electron chi connectivity index (χ2n) is 7.80. The number of para-hydroxylation sites is 1. The highest BCUT2D eigenvalue weighted by molar-refractivity contribution is 5.81. The Morgan fingerprint density at radius 3 is 2.71 bits per heavy atom. The van der Waals surface area contributed by atoms with Crippen LogP contribution in [0.25, 0.3) is 10.9 Å². The van der Waals surface area contributed by atoms with Crippen molar-refractivity contribution in [2.24, 2.45) is 5.92 Å². The van der Waals surface area contributed by atoms with Crippen LogP contribution in [0.15, 0.2) is 54.6 Å². The maximum atomic E-state index is 6.08. The van der Waals surface area contributed by atoms with Crippen LogP contribution in [0.3, 0.4) is 0 Å². The number of benzene rings is 2. The molecular weight excluding hydrogens is 344 g/mol. The fourth-order valence-electron chi connectivity index (χ4n) is 4.15. The number of nitrogens with one attached hydrogen (secondary N) is 1. The third-order valence-electron chi connectivity index (χ3n) is 5.70. The largest absolute Gasteiger partial charge is 0.487 e. The summed E-state index contributed by atoms with van der Waals surface area (Å²) in [5.74, 6) is 1.78. The number of hydrogen-bond acceptors (Lipinski definition) is 2. The molecule has 150 valence electrons. The van der Waals surface area contributed by atoms with Gasteiger partial charge in [0.05, 0.1) is 5.69 Å². The number of aryl methyl sites for hydroxylation is 2. The lowest BCUT2D eigenvalue weighted by molar-refractivity contribution is 0.293. The zero-order valence-corrected chi connectivity index (χ0v) is 16.3. The molecule has 4 rings (SSSR count). The molecule has 1 fully saturated rings. The van der Waals surface area contributed by atoms with Crippen LogP contribution in [0, 0.1) is 12.8 Å². The lowest BCUT2D eigenvalue weighted by Crippen LogP contribution is -2.29. The van der Waals surface area contributed by atoms with Crippen LogP contribution in [0.5, 0.6) is 5.75 Å². The quantitative estimate of drug-likeness (QED) is 0.550. The van der Waals surface area contributed by atoms with E-state index < -0.39 is 0 Å². The van der Waals surface area contributed by atoms with Gasteiger partial charge in [-0.25, -0.2) is 0 Å². The van der Waals surface area contributed by atoms with Crippen molar-refractivity contribution < 1.29 is 4.74 Å². The maximum absolute atomic E-state index is 6.08. The minimum Gasteiger partial charge on any atom is -0.487 e. The number of aromatic nitrogens is 1. The first kappa shape index (κ1) is 20.5. The van der Waals surface area contributed by atoms with E-state index in [0.29, 0.717) is 6.61 Å². The minimum atomic E-state index is 0. The third kappa shape index (κ3) is 4.96. The molecule has 0 bridgehead atoms. The molecule has 0 aliphatic carbocycles. The average Bonchev–Trinajstić information content (AvgIpc) is 3.06. The molecule has 0 spiro atoms. The summed E-state index contributed by atoms with van der Waals surface area (Å²) >= 11 is 0. The normalized spacial score (nSPS) is 16.7. The Labute approximate surface area is 169 Å². The number of nitrogens with zero attached hydrogens (tertiary/aromatic N) is 1. The number of ether oxygens (including phenoxy) is 1. The molecule has 0 saturated carbocycles. The summed E-state index contributed by atoms with van der Waals surface area (Å²) in [5, 5.41) is 4.84. The molecule has 2 aromatic carbocycles. The molecule has 0 amide bonds. The molecule has 1 N–H and O–H groups in total. The molecular formula is C25H34N2O. The molecule has 2 heterocycles. The molecule has 0 radical (unpaired) electrons. The average molecular weight is 379 g/mol. The van der Waals surface area contributed by atoms with Crippen LogP contribution >= 0.6 is 0 Å². The van der Waals surface area contributed by atoms with Crippen molar-refractivity contribution >= 4 is 10.9 Å². The second kappa shape index (κ2) is 9.79. The highest BCUT2D eigenvalue weighted by atomic mass is 16.5. The van der Waals surface area contributed by atoms with Crippen molar-refractivity contribution in [1.29, 1.82) is 0 Å². The fourth-order valence-corrected chi connectivity index (χ4v) is 4.15. The third-order valence-corrected chi connectivity index (χ3v) is 5.70. The van der Waals surface area contributed by atoms with Gasteiger partial charge >= 0.3 is 0 Å². The first-order valence-electron chi connectivity index (χ1n) is 10.3. The van der Waals surface area contributed by atoms with E-state index in [-0.39, 0.29) is 7.43 Å². The van der Waals surface area contributed by atoms with E-state index in [0.717, 1.165) is 18.2 Å². The van der Waals surface area contributed by atoms with E-state index in [2.05, 4.69) is 71.4 Å². The number of hydrogen-bond donors (Lipinski definition) is 1. The highest BCUT2D eigenvalue weighted by Gasteiger charge is 2.14. The summed E-state index contributed by atoms with van der Waals surface area (Å²) in [7, 11) is 0. The van der Waals surface area contributed by atoms with Gasteiger partial charge in [-0.15, -0.1) is 0 Å². The van der Waals surface area contributed by atoms with Crippen LogP contribution in [0.4, 0.5) is 0 Å². The summed E-state index contributed by atoms with van der Waals surface area (Å²) < 4.78 is 8.54. The fraction of sp³-hybridized carbons (Fsp3) is 0.440. The molecule has 1 unspecified atom stereocenters. The van der Waals surface area contributed by atoms with Gasteiger partial charge in [0.15, 0.2) is 0 Å². The Morgan fingerprint density at radius 2 is 1.93 bits per heavy atom. The Hall–Kier alpha value is -2.26. The van der Waals surface area contributed by atoms with Crippen LogP contribution in [-0.4, -0.2) is 17.7 Å². The first-order valence-corrected chi connectivity index (χ1v) is 10.3. The van der Waals surface area contributed by atoms with Gasteiger partial charge in [-0.3, -0.25) is 0 Å². The predicted molar refractivity (Wildman–Crippen MR) is 119 cm³/mol. The molecule has 1 aromatic heterocycles. The van der Waals surface area contributed by atoms with Crippen molar-refractivity contribution in [1.82, 2.24) is 9.88 Å². The van der Waals surface area contributed by atoms with E-state index in [9.17, 15) is 0 Å². The molecule has 3 heteroatoms. The smallest absolute Gasteiger partial charge is 0.128 e. The van der Waals surface area contributed by atoms with E-state index in [4.69, 9.17) is 4.74 Å². The summed E-state index contributed by atoms with van der Waals surface area (Å²) in [4.78, 5) is 0. The van der Waals surface area contributed by atoms with Crippen molar-refractivity contribution in [2.45, 2.75) is 53.2 Å². The Balaban J connectivity index is 0.00000225. The lowest BCUT2D eigenvalue weighted by Gasteiger charge is -2.23. The zero-order chi connectivity index (χ0) is 18.5. The molecule has 1 atom stereocenters. The second-order valence-corrected chi connectivity index (χ2v) is 7.80. The molecule has 1 saturated heterocycles. The molecule has 3 aromatic rings. The van der Waals surface area contributed by atoms with Gasteiger partial charge in [0, 0.05) is 12.1 Å². The molecule has 1 aliphatic heterocycles. The van der Waals surface area contributed by atoms with Crippen molar-refractivity contribution in [3.63, 3.8) is 0 Å². The van der Waals surface area contributed by atoms with Gasteiger partial charge in [-0.05, 0) is 81.3 Å². The van der Waals surface area contributed by atoms with Crippen LogP contribution in [0.2, 0.25) is 0 Å². The molecule has 1 aliphatic rings. The van der Waals surface area contributed by atoms with E-state index in [1.54, 1.807) is 0 Å². The summed E-state index contributed by atoms with van der Waals surface area (Å²) in [5.41, 5.74) is 3.84.